The number of esters is 1. The van der Waals surface area contributed by atoms with Crippen LogP contribution in [0.4, 0.5) is 5.69 Å². The minimum Gasteiger partial charge on any atom is -0.457 e. The highest BCUT2D eigenvalue weighted by Gasteiger charge is 2.13. The molecule has 1 N–H and O–H groups in total. The Morgan fingerprint density at radius 3 is 2.19 bits per heavy atom. The lowest BCUT2D eigenvalue weighted by Gasteiger charge is -2.07. The Bertz CT molecular complexity index is 1080. The van der Waals surface area contributed by atoms with Crippen molar-refractivity contribution in [3.63, 3.8) is 0 Å². The minimum absolute atomic E-state index is 0.0473. The molecule has 0 atom stereocenters. The summed E-state index contributed by atoms with van der Waals surface area (Å²) in [7, 11) is 0. The molecule has 0 unspecified atom stereocenters. The molecule has 1 heterocycles. The number of hydrogen-bond acceptors (Lipinski definition) is 8. The van der Waals surface area contributed by atoms with E-state index in [1.54, 1.807) is 29.6 Å². The molecule has 0 bridgehead atoms. The maximum absolute atomic E-state index is 12.2. The fourth-order valence-corrected chi connectivity index (χ4v) is 3.05. The molecule has 9 nitrogen and oxygen atoms in total. The van der Waals surface area contributed by atoms with E-state index in [1.807, 2.05) is 0 Å². The Morgan fingerprint density at radius 1 is 0.968 bits per heavy atom. The van der Waals surface area contributed by atoms with E-state index in [4.69, 9.17) is 9.47 Å². The Morgan fingerprint density at radius 2 is 1.61 bits per heavy atom. The molecule has 0 radical (unpaired) electrons. The summed E-state index contributed by atoms with van der Waals surface area (Å²) in [5, 5.41) is 14.8. The smallest absolute Gasteiger partial charge is 0.325 e. The van der Waals surface area contributed by atoms with E-state index in [-0.39, 0.29) is 18.1 Å². The first-order valence-electron chi connectivity index (χ1n) is 8.95. The molecule has 1 amide bonds. The summed E-state index contributed by atoms with van der Waals surface area (Å²) >= 11 is 1.25. The zero-order valence-electron chi connectivity index (χ0n) is 16.0. The molecule has 2 aromatic carbocycles. The van der Waals surface area contributed by atoms with Crippen molar-refractivity contribution in [2.45, 2.75) is 0 Å². The number of nitrogens with one attached hydrogen (secondary N) is 1. The second kappa shape index (κ2) is 10.1. The van der Waals surface area contributed by atoms with Gasteiger partial charge in [-0.1, -0.05) is 6.07 Å². The average Bonchev–Trinajstić information content (AvgIpc) is 3.32. The summed E-state index contributed by atoms with van der Waals surface area (Å²) in [6, 6.07) is 15.1. The van der Waals surface area contributed by atoms with E-state index in [0.717, 1.165) is 0 Å². The lowest BCUT2D eigenvalue weighted by Crippen LogP contribution is -2.31. The van der Waals surface area contributed by atoms with Crippen LogP contribution in [0.2, 0.25) is 0 Å². The van der Waals surface area contributed by atoms with Gasteiger partial charge in [0.15, 0.2) is 12.4 Å². The lowest BCUT2D eigenvalue weighted by atomic mass is 10.1. The van der Waals surface area contributed by atoms with Crippen molar-refractivity contribution >= 4 is 34.7 Å². The predicted molar refractivity (Wildman–Crippen MR) is 112 cm³/mol. The van der Waals surface area contributed by atoms with Gasteiger partial charge in [0.25, 0.3) is 11.6 Å². The first-order valence-corrected chi connectivity index (χ1v) is 9.83. The lowest BCUT2D eigenvalue weighted by molar-refractivity contribution is -0.384. The molecule has 3 aromatic rings. The van der Waals surface area contributed by atoms with Crippen molar-refractivity contribution in [2.24, 2.45) is 0 Å². The number of non-ortho nitro benzene ring substituents is 1. The molecule has 158 valence electrons. The van der Waals surface area contributed by atoms with Crippen molar-refractivity contribution < 1.29 is 28.8 Å². The van der Waals surface area contributed by atoms with E-state index < -0.39 is 23.3 Å². The topological polar surface area (TPSA) is 125 Å². The highest BCUT2D eigenvalue weighted by Crippen LogP contribution is 2.24. The number of thiophene rings is 1. The van der Waals surface area contributed by atoms with Crippen LogP contribution in [0, 0.1) is 10.1 Å². The number of rotatable bonds is 9. The van der Waals surface area contributed by atoms with E-state index >= 15 is 0 Å². The first-order chi connectivity index (χ1) is 14.9. The Labute approximate surface area is 180 Å². The number of Topliss-reactive ketones (excluding diaryl/α,β-unsaturated/α-hetero) is 1. The van der Waals surface area contributed by atoms with Crippen LogP contribution in [0.25, 0.3) is 0 Å². The summed E-state index contributed by atoms with van der Waals surface area (Å²) in [6.07, 6.45) is 0. The number of amides is 1. The molecule has 1 aromatic heterocycles. The molecular weight excluding hydrogens is 424 g/mol. The van der Waals surface area contributed by atoms with Gasteiger partial charge in [0.05, 0.1) is 9.80 Å². The summed E-state index contributed by atoms with van der Waals surface area (Å²) in [6.45, 7) is -0.803. The fourth-order valence-electron chi connectivity index (χ4n) is 2.41. The Balaban J connectivity index is 1.45. The van der Waals surface area contributed by atoms with Crippen LogP contribution in [-0.2, 0) is 9.53 Å². The normalized spacial score (nSPS) is 10.2. The molecule has 0 fully saturated rings. The number of nitrogens with zero attached hydrogens (tertiary/aromatic N) is 1. The maximum atomic E-state index is 12.2. The molecule has 10 heteroatoms. The van der Waals surface area contributed by atoms with Crippen LogP contribution < -0.4 is 10.1 Å². The van der Waals surface area contributed by atoms with E-state index in [1.165, 1.54) is 47.7 Å². The molecule has 3 rings (SSSR count). The third-order valence-electron chi connectivity index (χ3n) is 3.96. The van der Waals surface area contributed by atoms with Crippen LogP contribution in [0.3, 0.4) is 0 Å². The van der Waals surface area contributed by atoms with E-state index in [2.05, 4.69) is 5.32 Å². The van der Waals surface area contributed by atoms with Crippen LogP contribution in [0.5, 0.6) is 11.5 Å². The molecule has 0 aliphatic carbocycles. The first kappa shape index (κ1) is 21.7. The van der Waals surface area contributed by atoms with Crippen LogP contribution in [0.1, 0.15) is 20.0 Å². The second-order valence-electron chi connectivity index (χ2n) is 6.12. The standard InChI is InChI=1S/C21H16N2O7S/c24-18(13-29-20(25)12-22-21(26)19-2-1-11-31-19)14-3-7-16(8-4-14)30-17-9-5-15(6-10-17)23(27)28/h1-11H,12-13H2,(H,22,26). The highest BCUT2D eigenvalue weighted by molar-refractivity contribution is 7.12. The van der Waals surface area contributed by atoms with Gasteiger partial charge in [0.1, 0.15) is 18.0 Å². The molecular formula is C21H16N2O7S. The SMILES string of the molecule is O=C(CNC(=O)c1cccs1)OCC(=O)c1ccc(Oc2ccc([N+](=O)[O-])cc2)cc1. The van der Waals surface area contributed by atoms with Crippen LogP contribution in [0.15, 0.2) is 66.0 Å². The third kappa shape index (κ3) is 6.21. The average molecular weight is 440 g/mol. The predicted octanol–water partition coefficient (Wildman–Crippen LogP) is 3.60. The van der Waals surface area contributed by atoms with Crippen molar-refractivity contribution in [1.29, 1.82) is 0 Å². The summed E-state index contributed by atoms with van der Waals surface area (Å²) in [5.74, 6) is -0.694. The monoisotopic (exact) mass is 440 g/mol. The number of carbonyl (C=O) groups excluding carboxylic acids is 3. The van der Waals surface area contributed by atoms with Gasteiger partial charge in [-0.2, -0.15) is 0 Å². The van der Waals surface area contributed by atoms with Gasteiger partial charge in [-0.05, 0) is 47.8 Å². The van der Waals surface area contributed by atoms with Crippen LogP contribution >= 0.6 is 11.3 Å². The Hall–Kier alpha value is -4.05. The van der Waals surface area contributed by atoms with Crippen LogP contribution in [-0.4, -0.2) is 35.7 Å². The van der Waals surface area contributed by atoms with Gasteiger partial charge in [0, 0.05) is 17.7 Å². The molecule has 0 saturated heterocycles. The number of carbonyl (C=O) groups is 3. The zero-order chi connectivity index (χ0) is 22.2. The minimum atomic E-state index is -0.726. The van der Waals surface area contributed by atoms with E-state index in [9.17, 15) is 24.5 Å². The third-order valence-corrected chi connectivity index (χ3v) is 4.83. The molecule has 31 heavy (non-hydrogen) atoms. The van der Waals surface area contributed by atoms with Crippen molar-refractivity contribution in [1.82, 2.24) is 5.32 Å². The number of benzene rings is 2. The zero-order valence-corrected chi connectivity index (χ0v) is 16.8. The maximum Gasteiger partial charge on any atom is 0.325 e. The van der Waals surface area contributed by atoms with Gasteiger partial charge >= 0.3 is 5.97 Å². The summed E-state index contributed by atoms with van der Waals surface area (Å²) in [5.41, 5.74) is 0.264. The van der Waals surface area contributed by atoms with Crippen molar-refractivity contribution in [2.75, 3.05) is 13.2 Å². The number of ketones is 1. The fraction of sp³-hybridized carbons (Fsp3) is 0.0952. The molecule has 0 aliphatic heterocycles. The van der Waals surface area contributed by atoms with Crippen molar-refractivity contribution in [3.05, 3.63) is 86.6 Å². The molecule has 0 aliphatic rings. The van der Waals surface area contributed by atoms with E-state index in [0.29, 0.717) is 21.9 Å². The van der Waals surface area contributed by atoms with Crippen molar-refractivity contribution in [3.8, 4) is 11.5 Å². The van der Waals surface area contributed by atoms with Gasteiger partial charge in [-0.3, -0.25) is 24.5 Å². The van der Waals surface area contributed by atoms with Gasteiger partial charge in [-0.25, -0.2) is 0 Å². The quantitative estimate of drug-likeness (QED) is 0.233. The van der Waals surface area contributed by atoms with Gasteiger partial charge < -0.3 is 14.8 Å². The van der Waals surface area contributed by atoms with Gasteiger partial charge in [-0.15, -0.1) is 11.3 Å². The largest absolute Gasteiger partial charge is 0.457 e. The Kier molecular flexibility index (Phi) is 7.07. The number of nitro groups is 1. The molecule has 0 saturated carbocycles. The van der Waals surface area contributed by atoms with Gasteiger partial charge in [0.2, 0.25) is 0 Å². The second-order valence-corrected chi connectivity index (χ2v) is 7.07. The number of nitro benzene ring substituents is 1. The highest BCUT2D eigenvalue weighted by atomic mass is 32.1. The molecule has 0 spiro atoms. The summed E-state index contributed by atoms with van der Waals surface area (Å²) < 4.78 is 10.5. The summed E-state index contributed by atoms with van der Waals surface area (Å²) in [4.78, 5) is 46.3. The number of hydrogen-bond donors (Lipinski definition) is 1. The number of ether oxygens (including phenoxy) is 2.